The van der Waals surface area contributed by atoms with E-state index >= 15 is 0 Å². The van der Waals surface area contributed by atoms with E-state index in [9.17, 15) is 9.59 Å². The third kappa shape index (κ3) is 5.33. The normalized spacial score (nSPS) is 10.4. The second-order valence-electron chi connectivity index (χ2n) is 5.69. The Morgan fingerprint density at radius 3 is 2.32 bits per heavy atom. The molecule has 0 saturated heterocycles. The number of hydrogen-bond donors (Lipinski definition) is 0. The van der Waals surface area contributed by atoms with Gasteiger partial charge in [0.2, 0.25) is 0 Å². The first-order chi connectivity index (χ1) is 12.0. The van der Waals surface area contributed by atoms with Crippen LogP contribution in [0.15, 0.2) is 42.5 Å². The van der Waals surface area contributed by atoms with Crippen LogP contribution in [0.5, 0.6) is 5.75 Å². The Kier molecular flexibility index (Phi) is 7.02. The molecule has 0 amide bonds. The molecule has 0 spiro atoms. The fourth-order valence-corrected chi connectivity index (χ4v) is 2.54. The summed E-state index contributed by atoms with van der Waals surface area (Å²) >= 11 is 5.91. The lowest BCUT2D eigenvalue weighted by atomic mass is 10.1. The number of halogens is 1. The zero-order valence-corrected chi connectivity index (χ0v) is 15.1. The van der Waals surface area contributed by atoms with Gasteiger partial charge >= 0.3 is 11.9 Å². The molecule has 2 aromatic carbocycles. The Bertz CT molecular complexity index is 755. The lowest BCUT2D eigenvalue weighted by Gasteiger charge is -2.11. The molecular formula is C20H21ClO4. The molecule has 0 aromatic heterocycles. The summed E-state index contributed by atoms with van der Waals surface area (Å²) in [5, 5.41) is 0.563. The number of unbranched alkanes of at least 4 members (excludes halogenated alkanes) is 2. The van der Waals surface area contributed by atoms with E-state index in [4.69, 9.17) is 21.1 Å². The topological polar surface area (TPSA) is 52.6 Å². The third-order valence-electron chi connectivity index (χ3n) is 3.69. The van der Waals surface area contributed by atoms with Crippen molar-refractivity contribution in [3.63, 3.8) is 0 Å². The number of benzene rings is 2. The monoisotopic (exact) mass is 360 g/mol. The van der Waals surface area contributed by atoms with E-state index in [1.807, 2.05) is 0 Å². The molecule has 0 heterocycles. The number of hydrogen-bond acceptors (Lipinski definition) is 4. The minimum Gasteiger partial charge on any atom is -0.462 e. The average molecular weight is 361 g/mol. The van der Waals surface area contributed by atoms with Gasteiger partial charge in [0.1, 0.15) is 5.75 Å². The summed E-state index contributed by atoms with van der Waals surface area (Å²) in [7, 11) is 0. The van der Waals surface area contributed by atoms with Crippen LogP contribution in [0, 0.1) is 6.92 Å². The Morgan fingerprint density at radius 1 is 1.00 bits per heavy atom. The number of rotatable bonds is 7. The molecule has 0 saturated carbocycles. The number of esters is 2. The van der Waals surface area contributed by atoms with Gasteiger partial charge in [0, 0.05) is 5.02 Å². The quantitative estimate of drug-likeness (QED) is 0.386. The first-order valence-corrected chi connectivity index (χ1v) is 8.65. The number of carbonyl (C=O) groups is 2. The van der Waals surface area contributed by atoms with E-state index in [0.717, 1.165) is 24.8 Å². The van der Waals surface area contributed by atoms with Crippen LogP contribution >= 0.6 is 11.6 Å². The van der Waals surface area contributed by atoms with E-state index in [2.05, 4.69) is 6.92 Å². The molecule has 0 bridgehead atoms. The molecule has 132 valence electrons. The largest absolute Gasteiger partial charge is 0.462 e. The zero-order chi connectivity index (χ0) is 18.2. The fourth-order valence-electron chi connectivity index (χ4n) is 2.32. The van der Waals surface area contributed by atoms with Gasteiger partial charge in [-0.1, -0.05) is 43.5 Å². The molecule has 5 heteroatoms. The Hall–Kier alpha value is -2.33. The number of carbonyl (C=O) groups excluding carboxylic acids is 2. The molecule has 0 aliphatic heterocycles. The van der Waals surface area contributed by atoms with Gasteiger partial charge in [0.15, 0.2) is 0 Å². The van der Waals surface area contributed by atoms with Crippen molar-refractivity contribution in [3.8, 4) is 5.75 Å². The zero-order valence-electron chi connectivity index (χ0n) is 14.4. The molecule has 25 heavy (non-hydrogen) atoms. The van der Waals surface area contributed by atoms with Crippen molar-refractivity contribution < 1.29 is 19.1 Å². The van der Waals surface area contributed by atoms with Gasteiger partial charge in [0.25, 0.3) is 0 Å². The van der Waals surface area contributed by atoms with Crippen molar-refractivity contribution in [1.82, 2.24) is 0 Å². The van der Waals surface area contributed by atoms with Crippen LogP contribution in [-0.4, -0.2) is 18.5 Å². The summed E-state index contributed by atoms with van der Waals surface area (Å²) in [5.41, 5.74) is 1.12. The van der Waals surface area contributed by atoms with E-state index in [1.54, 1.807) is 49.4 Å². The Morgan fingerprint density at radius 2 is 1.68 bits per heavy atom. The minimum absolute atomic E-state index is 0.178. The first-order valence-electron chi connectivity index (χ1n) is 8.27. The summed E-state index contributed by atoms with van der Waals surface area (Å²) in [6, 6.07) is 11.5. The van der Waals surface area contributed by atoms with Crippen LogP contribution in [0.4, 0.5) is 0 Å². The molecule has 0 aliphatic rings. The molecule has 0 unspecified atom stereocenters. The van der Waals surface area contributed by atoms with Gasteiger partial charge in [-0.3, -0.25) is 0 Å². The summed E-state index contributed by atoms with van der Waals surface area (Å²) in [5.74, 6) is -0.719. The van der Waals surface area contributed by atoms with E-state index in [1.165, 1.54) is 0 Å². The number of aryl methyl sites for hydroxylation is 1. The molecule has 0 N–H and O–H groups in total. The SMILES string of the molecule is CCCCCOC(=O)c1ccccc1C(=O)Oc1ccc(Cl)cc1C. The second-order valence-corrected chi connectivity index (χ2v) is 6.12. The first kappa shape index (κ1) is 19.0. The highest BCUT2D eigenvalue weighted by atomic mass is 35.5. The van der Waals surface area contributed by atoms with Crippen LogP contribution in [-0.2, 0) is 4.74 Å². The van der Waals surface area contributed by atoms with Crippen molar-refractivity contribution in [2.24, 2.45) is 0 Å². The predicted octanol–water partition coefficient (Wildman–Crippen LogP) is 5.21. The molecule has 2 rings (SSSR count). The second kappa shape index (κ2) is 9.23. The number of ether oxygens (including phenoxy) is 2. The van der Waals surface area contributed by atoms with Crippen molar-refractivity contribution in [3.05, 3.63) is 64.2 Å². The maximum atomic E-state index is 12.5. The molecule has 2 aromatic rings. The molecule has 0 fully saturated rings. The molecule has 0 radical (unpaired) electrons. The lowest BCUT2D eigenvalue weighted by molar-refractivity contribution is 0.0490. The van der Waals surface area contributed by atoms with Gasteiger partial charge in [0.05, 0.1) is 17.7 Å². The molecule has 4 nitrogen and oxygen atoms in total. The maximum Gasteiger partial charge on any atom is 0.344 e. The molecule has 0 atom stereocenters. The minimum atomic E-state index is -0.605. The van der Waals surface area contributed by atoms with Crippen molar-refractivity contribution in [2.45, 2.75) is 33.1 Å². The smallest absolute Gasteiger partial charge is 0.344 e. The predicted molar refractivity (Wildman–Crippen MR) is 97.4 cm³/mol. The maximum absolute atomic E-state index is 12.5. The molecular weight excluding hydrogens is 340 g/mol. The summed E-state index contributed by atoms with van der Waals surface area (Å²) in [6.45, 7) is 4.21. The van der Waals surface area contributed by atoms with Crippen LogP contribution in [0.1, 0.15) is 52.5 Å². The van der Waals surface area contributed by atoms with Crippen molar-refractivity contribution in [2.75, 3.05) is 6.61 Å². The Labute approximate surface area is 152 Å². The van der Waals surface area contributed by atoms with Crippen molar-refractivity contribution in [1.29, 1.82) is 0 Å². The Balaban J connectivity index is 2.13. The van der Waals surface area contributed by atoms with Gasteiger partial charge in [-0.15, -0.1) is 0 Å². The highest BCUT2D eigenvalue weighted by molar-refractivity contribution is 6.30. The fraction of sp³-hybridized carbons (Fsp3) is 0.300. The van der Waals surface area contributed by atoms with Gasteiger partial charge < -0.3 is 9.47 Å². The van der Waals surface area contributed by atoms with Gasteiger partial charge in [-0.05, 0) is 49.2 Å². The molecule has 0 aliphatic carbocycles. The third-order valence-corrected chi connectivity index (χ3v) is 3.92. The van der Waals surface area contributed by atoms with E-state index < -0.39 is 11.9 Å². The summed E-state index contributed by atoms with van der Waals surface area (Å²) < 4.78 is 10.7. The summed E-state index contributed by atoms with van der Waals surface area (Å²) in [4.78, 5) is 24.7. The standard InChI is InChI=1S/C20H21ClO4/c1-3-4-7-12-24-19(22)16-8-5-6-9-17(16)20(23)25-18-11-10-15(21)13-14(18)2/h5-6,8-11,13H,3-4,7,12H2,1-2H3. The highest BCUT2D eigenvalue weighted by Gasteiger charge is 2.20. The van der Waals surface area contributed by atoms with Gasteiger partial charge in [-0.25, -0.2) is 9.59 Å². The summed E-state index contributed by atoms with van der Waals surface area (Å²) in [6.07, 6.45) is 2.84. The van der Waals surface area contributed by atoms with Crippen LogP contribution < -0.4 is 4.74 Å². The van der Waals surface area contributed by atoms with E-state index in [-0.39, 0.29) is 11.1 Å². The van der Waals surface area contributed by atoms with Crippen LogP contribution in [0.25, 0.3) is 0 Å². The average Bonchev–Trinajstić information content (AvgIpc) is 2.61. The highest BCUT2D eigenvalue weighted by Crippen LogP contribution is 2.23. The lowest BCUT2D eigenvalue weighted by Crippen LogP contribution is -2.16. The van der Waals surface area contributed by atoms with Crippen LogP contribution in [0.2, 0.25) is 5.02 Å². The van der Waals surface area contributed by atoms with Crippen LogP contribution in [0.3, 0.4) is 0 Å². The van der Waals surface area contributed by atoms with Gasteiger partial charge in [-0.2, -0.15) is 0 Å². The van der Waals surface area contributed by atoms with Crippen molar-refractivity contribution >= 4 is 23.5 Å². The van der Waals surface area contributed by atoms with E-state index in [0.29, 0.717) is 17.4 Å².